The molecule has 1 heterocycles. The molecule has 0 saturated carbocycles. The summed E-state index contributed by atoms with van der Waals surface area (Å²) in [7, 11) is 0. The summed E-state index contributed by atoms with van der Waals surface area (Å²) in [5.41, 5.74) is 2.85. The van der Waals surface area contributed by atoms with Crippen LogP contribution in [0.2, 0.25) is 0 Å². The number of benzene rings is 1. The van der Waals surface area contributed by atoms with Crippen molar-refractivity contribution in [2.75, 3.05) is 5.75 Å². The fraction of sp³-hybridized carbons (Fsp3) is 0.438. The third kappa shape index (κ3) is 2.86. The maximum atomic E-state index is 4.73. The average Bonchev–Trinajstić information content (AvgIpc) is 2.76. The Morgan fingerprint density at radius 1 is 1.16 bits per heavy atom. The van der Waals surface area contributed by atoms with Crippen LogP contribution in [0.5, 0.6) is 0 Å². The van der Waals surface area contributed by atoms with Crippen LogP contribution in [0, 0.1) is 6.92 Å². The van der Waals surface area contributed by atoms with Crippen LogP contribution in [0.1, 0.15) is 30.1 Å². The number of aromatic nitrogens is 2. The largest absolute Gasteiger partial charge is 0.331 e. The highest BCUT2D eigenvalue weighted by Crippen LogP contribution is 2.23. The Morgan fingerprint density at radius 2 is 1.95 bits per heavy atom. The van der Waals surface area contributed by atoms with E-state index < -0.39 is 0 Å². The van der Waals surface area contributed by atoms with Crippen molar-refractivity contribution in [1.29, 1.82) is 0 Å². The van der Waals surface area contributed by atoms with Crippen molar-refractivity contribution in [1.82, 2.24) is 9.55 Å². The molecule has 1 aliphatic rings. The predicted molar refractivity (Wildman–Crippen MR) is 80.8 cm³/mol. The number of hydrogen-bond donors (Lipinski definition) is 0. The number of thioether (sulfide) groups is 1. The number of aryl methyl sites for hydroxylation is 2. The molecule has 3 rings (SSSR count). The van der Waals surface area contributed by atoms with E-state index >= 15 is 0 Å². The summed E-state index contributed by atoms with van der Waals surface area (Å²) in [6.07, 6.45) is 5.02. The van der Waals surface area contributed by atoms with Gasteiger partial charge >= 0.3 is 0 Å². The smallest absolute Gasteiger partial charge is 0.106 e. The van der Waals surface area contributed by atoms with E-state index in [9.17, 15) is 0 Å². The highest BCUT2D eigenvalue weighted by atomic mass is 32.2. The Balaban J connectivity index is 1.65. The van der Waals surface area contributed by atoms with E-state index in [1.54, 1.807) is 0 Å². The van der Waals surface area contributed by atoms with Crippen LogP contribution in [-0.2, 0) is 19.4 Å². The molecule has 0 aliphatic heterocycles. The van der Waals surface area contributed by atoms with Gasteiger partial charge in [-0.15, -0.1) is 11.8 Å². The second-order valence-electron chi connectivity index (χ2n) is 5.07. The molecule has 0 bridgehead atoms. The minimum Gasteiger partial charge on any atom is -0.331 e. The zero-order valence-electron chi connectivity index (χ0n) is 11.4. The molecule has 1 aliphatic carbocycles. The summed E-state index contributed by atoms with van der Waals surface area (Å²) in [4.78, 5) is 6.09. The summed E-state index contributed by atoms with van der Waals surface area (Å²) in [5, 5.41) is 0. The Morgan fingerprint density at radius 3 is 2.79 bits per heavy atom. The van der Waals surface area contributed by atoms with E-state index in [4.69, 9.17) is 4.98 Å². The van der Waals surface area contributed by atoms with Crippen LogP contribution < -0.4 is 0 Å². The second kappa shape index (κ2) is 5.83. The van der Waals surface area contributed by atoms with Crippen LogP contribution >= 0.6 is 11.8 Å². The standard InChI is InChI=1S/C16H20N2S/c1-13-17-15-9-5-6-10-16(15)18(13)11-12-19-14-7-3-2-4-8-14/h2-4,7-8H,5-6,9-12H2,1H3. The van der Waals surface area contributed by atoms with Crippen molar-refractivity contribution in [2.45, 2.75) is 44.0 Å². The molecule has 3 heteroatoms. The Labute approximate surface area is 119 Å². The fourth-order valence-corrected chi connectivity index (χ4v) is 3.66. The van der Waals surface area contributed by atoms with Gasteiger partial charge in [0.1, 0.15) is 5.82 Å². The van der Waals surface area contributed by atoms with Crippen LogP contribution in [0.3, 0.4) is 0 Å². The lowest BCUT2D eigenvalue weighted by molar-refractivity contribution is 0.617. The molecule has 0 atom stereocenters. The highest BCUT2D eigenvalue weighted by Gasteiger charge is 2.17. The van der Waals surface area contributed by atoms with E-state index in [0.717, 1.165) is 12.3 Å². The van der Waals surface area contributed by atoms with Crippen LogP contribution in [0.25, 0.3) is 0 Å². The van der Waals surface area contributed by atoms with E-state index in [0.29, 0.717) is 0 Å². The summed E-state index contributed by atoms with van der Waals surface area (Å²) >= 11 is 1.93. The fourth-order valence-electron chi connectivity index (χ4n) is 2.80. The van der Waals surface area contributed by atoms with Gasteiger partial charge in [0.2, 0.25) is 0 Å². The van der Waals surface area contributed by atoms with E-state index in [1.165, 1.54) is 47.8 Å². The molecule has 0 unspecified atom stereocenters. The molecule has 0 fully saturated rings. The predicted octanol–water partition coefficient (Wildman–Crippen LogP) is 3.86. The zero-order valence-corrected chi connectivity index (χ0v) is 12.2. The SMILES string of the molecule is Cc1nc2c(n1CCSc1ccccc1)CCCC2. The number of imidazole rings is 1. The molecule has 0 N–H and O–H groups in total. The first kappa shape index (κ1) is 12.8. The first-order chi connectivity index (χ1) is 9.34. The topological polar surface area (TPSA) is 17.8 Å². The normalized spacial score (nSPS) is 14.4. The molecule has 100 valence electrons. The molecule has 1 aromatic heterocycles. The Bertz CT molecular complexity index is 545. The maximum absolute atomic E-state index is 4.73. The third-order valence-corrected chi connectivity index (χ3v) is 4.74. The van der Waals surface area contributed by atoms with Crippen LogP contribution in [-0.4, -0.2) is 15.3 Å². The molecule has 0 spiro atoms. The summed E-state index contributed by atoms with van der Waals surface area (Å²) in [6.45, 7) is 3.22. The lowest BCUT2D eigenvalue weighted by Crippen LogP contribution is -2.10. The van der Waals surface area contributed by atoms with Gasteiger partial charge in [-0.25, -0.2) is 4.98 Å². The molecule has 0 amide bonds. The Kier molecular flexibility index (Phi) is 3.92. The second-order valence-corrected chi connectivity index (χ2v) is 6.24. The van der Waals surface area contributed by atoms with Crippen molar-refractivity contribution >= 4 is 11.8 Å². The molecular formula is C16H20N2S. The van der Waals surface area contributed by atoms with Crippen molar-refractivity contribution in [2.24, 2.45) is 0 Å². The molecule has 19 heavy (non-hydrogen) atoms. The monoisotopic (exact) mass is 272 g/mol. The van der Waals surface area contributed by atoms with Gasteiger partial charge in [-0.2, -0.15) is 0 Å². The molecule has 0 radical (unpaired) electrons. The number of rotatable bonds is 4. The van der Waals surface area contributed by atoms with E-state index in [1.807, 2.05) is 11.8 Å². The van der Waals surface area contributed by atoms with Crippen LogP contribution in [0.4, 0.5) is 0 Å². The van der Waals surface area contributed by atoms with Crippen molar-refractivity contribution < 1.29 is 0 Å². The van der Waals surface area contributed by atoms with Gasteiger partial charge < -0.3 is 4.57 Å². The maximum Gasteiger partial charge on any atom is 0.106 e. The van der Waals surface area contributed by atoms with Crippen molar-refractivity contribution in [3.63, 3.8) is 0 Å². The van der Waals surface area contributed by atoms with E-state index in [-0.39, 0.29) is 0 Å². The minimum atomic E-state index is 1.08. The third-order valence-electron chi connectivity index (χ3n) is 3.75. The Hall–Kier alpha value is -1.22. The average molecular weight is 272 g/mol. The van der Waals surface area contributed by atoms with Gasteiger partial charge in [0.15, 0.2) is 0 Å². The van der Waals surface area contributed by atoms with Crippen molar-refractivity contribution in [3.05, 3.63) is 47.5 Å². The first-order valence-corrected chi connectivity index (χ1v) is 8.06. The van der Waals surface area contributed by atoms with Gasteiger partial charge in [0, 0.05) is 22.9 Å². The summed E-state index contributed by atoms with van der Waals surface area (Å²) < 4.78 is 2.43. The highest BCUT2D eigenvalue weighted by molar-refractivity contribution is 7.99. The summed E-state index contributed by atoms with van der Waals surface area (Å²) in [5.74, 6) is 2.31. The van der Waals surface area contributed by atoms with Gasteiger partial charge in [0.25, 0.3) is 0 Å². The minimum absolute atomic E-state index is 1.08. The molecule has 2 nitrogen and oxygen atoms in total. The lowest BCUT2D eigenvalue weighted by Gasteiger charge is -2.14. The van der Waals surface area contributed by atoms with Crippen molar-refractivity contribution in [3.8, 4) is 0 Å². The van der Waals surface area contributed by atoms with Gasteiger partial charge in [0.05, 0.1) is 5.69 Å². The van der Waals surface area contributed by atoms with Gasteiger partial charge in [-0.1, -0.05) is 18.2 Å². The van der Waals surface area contributed by atoms with Gasteiger partial charge in [-0.3, -0.25) is 0 Å². The molecule has 0 saturated heterocycles. The number of nitrogens with zero attached hydrogens (tertiary/aromatic N) is 2. The van der Waals surface area contributed by atoms with Crippen LogP contribution in [0.15, 0.2) is 35.2 Å². The van der Waals surface area contributed by atoms with Gasteiger partial charge in [-0.05, 0) is 44.7 Å². The van der Waals surface area contributed by atoms with E-state index in [2.05, 4.69) is 41.8 Å². The lowest BCUT2D eigenvalue weighted by atomic mass is 10.0. The first-order valence-electron chi connectivity index (χ1n) is 7.07. The molecule has 2 aromatic rings. The number of fused-ring (bicyclic) bond motifs is 1. The zero-order chi connectivity index (χ0) is 13.1. The quantitative estimate of drug-likeness (QED) is 0.786. The number of hydrogen-bond acceptors (Lipinski definition) is 2. The molecule has 1 aromatic carbocycles. The molecular weight excluding hydrogens is 252 g/mol. The summed E-state index contributed by atoms with van der Waals surface area (Å²) in [6, 6.07) is 10.6.